The third kappa shape index (κ3) is 2.49. The second-order valence-corrected chi connectivity index (χ2v) is 6.75. The van der Waals surface area contributed by atoms with Gasteiger partial charge in [-0.15, -0.1) is 0 Å². The Labute approximate surface area is 129 Å². The highest BCUT2D eigenvalue weighted by Crippen LogP contribution is 2.43. The average molecular weight is 339 g/mol. The summed E-state index contributed by atoms with van der Waals surface area (Å²) in [4.78, 5) is 2.51. The van der Waals surface area contributed by atoms with Crippen LogP contribution in [0.4, 0.5) is 0 Å². The number of ether oxygens (including phenoxy) is 1. The topological polar surface area (TPSA) is 24.5 Å². The molecule has 0 aromatic heterocycles. The first kappa shape index (κ1) is 14.4. The summed E-state index contributed by atoms with van der Waals surface area (Å²) in [5.74, 6) is 1.64. The Hall–Kier alpha value is -0.580. The number of methoxy groups -OCH3 is 1. The molecule has 0 amide bonds. The summed E-state index contributed by atoms with van der Waals surface area (Å²) in [5, 5.41) is 3.55. The quantitative estimate of drug-likeness (QED) is 0.897. The number of nitrogens with zero attached hydrogens (tertiary/aromatic N) is 1. The lowest BCUT2D eigenvalue weighted by molar-refractivity contribution is 0.162. The lowest BCUT2D eigenvalue weighted by atomic mass is 9.77. The van der Waals surface area contributed by atoms with Crippen molar-refractivity contribution in [3.05, 3.63) is 27.7 Å². The summed E-state index contributed by atoms with van der Waals surface area (Å²) in [7, 11) is 4.04. The fraction of sp³-hybridized carbons (Fsp3) is 0.625. The number of likely N-dealkylation sites (N-methyl/N-ethyl adjacent to an activating group) is 1. The fourth-order valence-corrected chi connectivity index (χ4v) is 4.30. The van der Waals surface area contributed by atoms with Crippen LogP contribution in [0.2, 0.25) is 0 Å². The molecule has 4 heteroatoms. The van der Waals surface area contributed by atoms with E-state index in [2.05, 4.69) is 45.3 Å². The lowest BCUT2D eigenvalue weighted by Crippen LogP contribution is -2.52. The van der Waals surface area contributed by atoms with Crippen molar-refractivity contribution < 1.29 is 4.74 Å². The molecule has 1 heterocycles. The molecule has 1 fully saturated rings. The van der Waals surface area contributed by atoms with Crippen molar-refractivity contribution in [1.82, 2.24) is 10.2 Å². The van der Waals surface area contributed by atoms with Gasteiger partial charge in [-0.1, -0.05) is 15.9 Å². The summed E-state index contributed by atoms with van der Waals surface area (Å²) < 4.78 is 6.90. The molecular formula is C16H23BrN2O. The molecule has 1 aliphatic heterocycles. The maximum Gasteiger partial charge on any atom is 0.122 e. The molecule has 1 saturated heterocycles. The van der Waals surface area contributed by atoms with Crippen LogP contribution in [-0.2, 0) is 6.42 Å². The minimum absolute atomic E-state index is 0.573. The predicted octanol–water partition coefficient (Wildman–Crippen LogP) is 2.78. The van der Waals surface area contributed by atoms with Crippen LogP contribution >= 0.6 is 15.9 Å². The molecule has 2 atom stereocenters. The molecule has 1 aromatic rings. The van der Waals surface area contributed by atoms with E-state index in [1.54, 1.807) is 7.11 Å². The second-order valence-electron chi connectivity index (χ2n) is 5.89. The Morgan fingerprint density at radius 3 is 3.00 bits per heavy atom. The Morgan fingerprint density at radius 2 is 2.25 bits per heavy atom. The summed E-state index contributed by atoms with van der Waals surface area (Å²) in [5.41, 5.74) is 2.90. The van der Waals surface area contributed by atoms with Gasteiger partial charge in [-0.25, -0.2) is 0 Å². The fourth-order valence-electron chi connectivity index (χ4n) is 3.76. The molecule has 1 aromatic carbocycles. The number of piperazine rings is 1. The van der Waals surface area contributed by atoms with Crippen molar-refractivity contribution in [2.45, 2.75) is 31.2 Å². The van der Waals surface area contributed by atoms with Crippen LogP contribution in [-0.4, -0.2) is 44.7 Å². The van der Waals surface area contributed by atoms with Crippen molar-refractivity contribution in [2.75, 3.05) is 33.8 Å². The van der Waals surface area contributed by atoms with Gasteiger partial charge in [0, 0.05) is 41.6 Å². The number of nitrogens with one attached hydrogen (secondary N) is 1. The highest BCUT2D eigenvalue weighted by Gasteiger charge is 2.34. The zero-order chi connectivity index (χ0) is 14.1. The molecule has 3 nitrogen and oxygen atoms in total. The molecule has 0 spiro atoms. The van der Waals surface area contributed by atoms with Crippen LogP contribution in [0, 0.1) is 0 Å². The predicted molar refractivity (Wildman–Crippen MR) is 85.7 cm³/mol. The number of rotatable bonds is 2. The van der Waals surface area contributed by atoms with Crippen LogP contribution in [0.3, 0.4) is 0 Å². The molecule has 110 valence electrons. The minimum Gasteiger partial charge on any atom is -0.496 e. The third-order valence-corrected chi connectivity index (χ3v) is 5.56. The van der Waals surface area contributed by atoms with Gasteiger partial charge in [-0.2, -0.15) is 0 Å². The maximum atomic E-state index is 5.66. The third-order valence-electron chi connectivity index (χ3n) is 4.82. The molecule has 1 aliphatic carbocycles. The first-order valence-corrected chi connectivity index (χ1v) is 8.28. The van der Waals surface area contributed by atoms with E-state index in [0.29, 0.717) is 12.0 Å². The van der Waals surface area contributed by atoms with E-state index in [1.165, 1.54) is 28.4 Å². The average Bonchev–Trinajstić information content (AvgIpc) is 2.48. The Bertz CT molecular complexity index is 492. The summed E-state index contributed by atoms with van der Waals surface area (Å²) in [6, 6.07) is 4.81. The van der Waals surface area contributed by atoms with Crippen LogP contribution in [0.15, 0.2) is 16.6 Å². The Balaban J connectivity index is 2.02. The molecule has 2 unspecified atom stereocenters. The largest absolute Gasteiger partial charge is 0.496 e. The molecule has 0 radical (unpaired) electrons. The monoisotopic (exact) mass is 338 g/mol. The zero-order valence-corrected chi connectivity index (χ0v) is 13.9. The first-order chi connectivity index (χ1) is 9.72. The van der Waals surface area contributed by atoms with Crippen molar-refractivity contribution in [3.8, 4) is 5.75 Å². The first-order valence-electron chi connectivity index (χ1n) is 7.48. The van der Waals surface area contributed by atoms with E-state index < -0.39 is 0 Å². The van der Waals surface area contributed by atoms with E-state index in [1.807, 2.05) is 0 Å². The SMILES string of the molecule is COc1ccc(Br)c2c1C(C1CNCCN1C)CCC2. The van der Waals surface area contributed by atoms with Gasteiger partial charge in [0.15, 0.2) is 0 Å². The zero-order valence-electron chi connectivity index (χ0n) is 12.3. The summed E-state index contributed by atoms with van der Waals surface area (Å²) in [6.07, 6.45) is 3.69. The van der Waals surface area contributed by atoms with Crippen molar-refractivity contribution in [1.29, 1.82) is 0 Å². The summed E-state index contributed by atoms with van der Waals surface area (Å²) >= 11 is 3.73. The van der Waals surface area contributed by atoms with Crippen molar-refractivity contribution >= 4 is 15.9 Å². The van der Waals surface area contributed by atoms with Crippen LogP contribution in [0.1, 0.15) is 29.9 Å². The van der Waals surface area contributed by atoms with Crippen LogP contribution < -0.4 is 10.1 Å². The standard InChI is InChI=1S/C16H23BrN2O/c1-19-9-8-18-10-14(19)12-5-3-4-11-13(17)6-7-15(20-2)16(11)12/h6-7,12,14,18H,3-5,8-10H2,1-2H3. The van der Waals surface area contributed by atoms with E-state index >= 15 is 0 Å². The minimum atomic E-state index is 0.573. The molecule has 0 saturated carbocycles. The smallest absolute Gasteiger partial charge is 0.122 e. The van der Waals surface area contributed by atoms with Crippen LogP contribution in [0.5, 0.6) is 5.75 Å². The van der Waals surface area contributed by atoms with Gasteiger partial charge in [0.1, 0.15) is 5.75 Å². The van der Waals surface area contributed by atoms with E-state index in [9.17, 15) is 0 Å². The number of halogens is 1. The number of hydrogen-bond acceptors (Lipinski definition) is 3. The van der Waals surface area contributed by atoms with Crippen molar-refractivity contribution in [2.24, 2.45) is 0 Å². The van der Waals surface area contributed by atoms with E-state index in [-0.39, 0.29) is 0 Å². The Kier molecular flexibility index (Phi) is 4.34. The maximum absolute atomic E-state index is 5.66. The lowest BCUT2D eigenvalue weighted by Gasteiger charge is -2.41. The number of benzene rings is 1. The normalized spacial score (nSPS) is 27.1. The van der Waals surface area contributed by atoms with E-state index in [0.717, 1.165) is 31.8 Å². The van der Waals surface area contributed by atoms with Gasteiger partial charge in [0.05, 0.1) is 7.11 Å². The van der Waals surface area contributed by atoms with Gasteiger partial charge in [0.25, 0.3) is 0 Å². The molecular weight excluding hydrogens is 316 g/mol. The number of hydrogen-bond donors (Lipinski definition) is 1. The summed E-state index contributed by atoms with van der Waals surface area (Å²) in [6.45, 7) is 3.31. The van der Waals surface area contributed by atoms with Gasteiger partial charge in [0.2, 0.25) is 0 Å². The molecule has 0 bridgehead atoms. The van der Waals surface area contributed by atoms with Crippen molar-refractivity contribution in [3.63, 3.8) is 0 Å². The number of fused-ring (bicyclic) bond motifs is 1. The molecule has 1 N–H and O–H groups in total. The Morgan fingerprint density at radius 1 is 1.40 bits per heavy atom. The van der Waals surface area contributed by atoms with E-state index in [4.69, 9.17) is 4.74 Å². The van der Waals surface area contributed by atoms with Gasteiger partial charge < -0.3 is 15.0 Å². The highest BCUT2D eigenvalue weighted by atomic mass is 79.9. The molecule has 3 rings (SSSR count). The van der Waals surface area contributed by atoms with Crippen LogP contribution in [0.25, 0.3) is 0 Å². The van der Waals surface area contributed by atoms with Gasteiger partial charge in [-0.3, -0.25) is 0 Å². The molecule has 20 heavy (non-hydrogen) atoms. The highest BCUT2D eigenvalue weighted by molar-refractivity contribution is 9.10. The molecule has 2 aliphatic rings. The van der Waals surface area contributed by atoms with Gasteiger partial charge in [-0.05, 0) is 44.0 Å². The second kappa shape index (κ2) is 6.04. The van der Waals surface area contributed by atoms with Gasteiger partial charge >= 0.3 is 0 Å².